The zero-order valence-corrected chi connectivity index (χ0v) is 10.3. The summed E-state index contributed by atoms with van der Waals surface area (Å²) in [6.07, 6.45) is 7.92. The molecule has 0 radical (unpaired) electrons. The quantitative estimate of drug-likeness (QED) is 0.703. The molecule has 0 atom stereocenters. The molecule has 0 unspecified atom stereocenters. The fourth-order valence-corrected chi connectivity index (χ4v) is 2.12. The van der Waals surface area contributed by atoms with Gasteiger partial charge in [-0.05, 0) is 35.0 Å². The van der Waals surface area contributed by atoms with Crippen LogP contribution in [-0.4, -0.2) is 18.5 Å². The van der Waals surface area contributed by atoms with Gasteiger partial charge in [0.2, 0.25) is 0 Å². The number of likely N-dealkylation sites (N-methyl/N-ethyl adjacent to an activating group) is 1. The summed E-state index contributed by atoms with van der Waals surface area (Å²) in [7, 11) is 2.14. The van der Waals surface area contributed by atoms with Crippen LogP contribution >= 0.6 is 22.6 Å². The van der Waals surface area contributed by atoms with E-state index in [1.807, 2.05) is 6.08 Å². The zero-order valence-electron chi connectivity index (χ0n) is 8.09. The lowest BCUT2D eigenvalue weighted by Crippen LogP contribution is -2.17. The molecule has 0 spiro atoms. The highest BCUT2D eigenvalue weighted by Gasteiger charge is 2.10. The summed E-state index contributed by atoms with van der Waals surface area (Å²) in [4.78, 5) is 2.30. The Morgan fingerprint density at radius 3 is 2.85 bits per heavy atom. The van der Waals surface area contributed by atoms with Gasteiger partial charge in [0.05, 0.1) is 0 Å². The maximum Gasteiger partial charge on any atom is 0.0390 e. The molecule has 0 aromatic carbocycles. The molecule has 13 heavy (non-hydrogen) atoms. The largest absolute Gasteiger partial charge is 0.374 e. The zero-order chi connectivity index (χ0) is 9.68. The Balaban J connectivity index is 2.95. The highest BCUT2D eigenvalue weighted by Crippen LogP contribution is 2.22. The highest BCUT2D eigenvalue weighted by atomic mass is 127. The molecule has 0 bridgehead atoms. The highest BCUT2D eigenvalue weighted by molar-refractivity contribution is 14.1. The fraction of sp³-hybridized carbons (Fsp3) is 0.455. The molecular weight excluding hydrogens is 273 g/mol. The van der Waals surface area contributed by atoms with Gasteiger partial charge in [0.1, 0.15) is 0 Å². The lowest BCUT2D eigenvalue weighted by atomic mass is 10.1. The van der Waals surface area contributed by atoms with Crippen molar-refractivity contribution < 1.29 is 0 Å². The van der Waals surface area contributed by atoms with Crippen LogP contribution in [-0.2, 0) is 0 Å². The van der Waals surface area contributed by atoms with Crippen LogP contribution in [0.5, 0.6) is 0 Å². The minimum absolute atomic E-state index is 1.15. The molecule has 1 aliphatic rings. The Bertz CT molecular complexity index is 240. The monoisotopic (exact) mass is 289 g/mol. The van der Waals surface area contributed by atoms with Crippen molar-refractivity contribution in [1.29, 1.82) is 0 Å². The molecule has 0 fully saturated rings. The predicted molar refractivity (Wildman–Crippen MR) is 66.9 cm³/mol. The van der Waals surface area contributed by atoms with Crippen molar-refractivity contribution in [1.82, 2.24) is 4.90 Å². The SMILES string of the molecule is C=CC1=C(/C=C\I)CCCCN1C. The van der Waals surface area contributed by atoms with Crippen molar-refractivity contribution in [3.8, 4) is 0 Å². The van der Waals surface area contributed by atoms with Gasteiger partial charge in [-0.3, -0.25) is 0 Å². The van der Waals surface area contributed by atoms with Crippen molar-refractivity contribution in [3.63, 3.8) is 0 Å². The molecule has 0 amide bonds. The van der Waals surface area contributed by atoms with Crippen LogP contribution in [0.4, 0.5) is 0 Å². The summed E-state index contributed by atoms with van der Waals surface area (Å²) in [6, 6.07) is 0. The van der Waals surface area contributed by atoms with Crippen molar-refractivity contribution in [3.05, 3.63) is 34.1 Å². The van der Waals surface area contributed by atoms with Gasteiger partial charge in [-0.2, -0.15) is 0 Å². The Morgan fingerprint density at radius 1 is 1.46 bits per heavy atom. The van der Waals surface area contributed by atoms with Gasteiger partial charge in [-0.15, -0.1) is 0 Å². The van der Waals surface area contributed by atoms with Gasteiger partial charge >= 0.3 is 0 Å². The first kappa shape index (κ1) is 10.8. The maximum absolute atomic E-state index is 3.87. The summed E-state index contributed by atoms with van der Waals surface area (Å²) in [5, 5.41) is 0. The molecule has 0 aromatic rings. The third-order valence-corrected chi connectivity index (χ3v) is 2.75. The number of allylic oxidation sites excluding steroid dienone is 3. The number of hydrogen-bond acceptors (Lipinski definition) is 1. The number of rotatable bonds is 2. The average Bonchev–Trinajstić information content (AvgIpc) is 2.28. The van der Waals surface area contributed by atoms with Gasteiger partial charge in [0.15, 0.2) is 0 Å². The third kappa shape index (κ3) is 2.86. The molecule has 2 heteroatoms. The molecule has 1 rings (SSSR count). The predicted octanol–water partition coefficient (Wildman–Crippen LogP) is 3.49. The summed E-state index contributed by atoms with van der Waals surface area (Å²) in [5.41, 5.74) is 2.72. The van der Waals surface area contributed by atoms with Gasteiger partial charge < -0.3 is 4.90 Å². The first-order chi connectivity index (χ1) is 6.29. The van der Waals surface area contributed by atoms with Gasteiger partial charge in [-0.1, -0.05) is 35.2 Å². The van der Waals surface area contributed by atoms with Gasteiger partial charge in [-0.25, -0.2) is 0 Å². The number of nitrogens with zero attached hydrogens (tertiary/aromatic N) is 1. The van der Waals surface area contributed by atoms with Crippen LogP contribution in [0.25, 0.3) is 0 Å². The summed E-state index contributed by atoms with van der Waals surface area (Å²) in [5.74, 6) is 0. The molecule has 1 nitrogen and oxygen atoms in total. The van der Waals surface area contributed by atoms with E-state index in [0.29, 0.717) is 0 Å². The molecule has 72 valence electrons. The fourth-order valence-electron chi connectivity index (χ4n) is 1.69. The molecule has 1 heterocycles. The van der Waals surface area contributed by atoms with Gasteiger partial charge in [0.25, 0.3) is 0 Å². The first-order valence-electron chi connectivity index (χ1n) is 4.63. The Labute approximate surface area is 94.3 Å². The van der Waals surface area contributed by atoms with Crippen LogP contribution < -0.4 is 0 Å². The maximum atomic E-state index is 3.87. The van der Waals surface area contributed by atoms with E-state index in [4.69, 9.17) is 0 Å². The van der Waals surface area contributed by atoms with Crippen LogP contribution in [0, 0.1) is 0 Å². The minimum Gasteiger partial charge on any atom is -0.374 e. The van der Waals surface area contributed by atoms with Crippen LogP contribution in [0.15, 0.2) is 34.1 Å². The summed E-state index contributed by atoms with van der Waals surface area (Å²) < 4.78 is 2.08. The molecule has 0 saturated carbocycles. The molecule has 0 N–H and O–H groups in total. The van der Waals surface area contributed by atoms with E-state index < -0.39 is 0 Å². The number of halogens is 1. The van der Waals surface area contributed by atoms with E-state index in [2.05, 4.69) is 51.3 Å². The van der Waals surface area contributed by atoms with Crippen molar-refractivity contribution in [2.24, 2.45) is 0 Å². The van der Waals surface area contributed by atoms with E-state index >= 15 is 0 Å². The molecule has 0 aliphatic carbocycles. The lowest BCUT2D eigenvalue weighted by molar-refractivity contribution is 0.426. The second-order valence-corrected chi connectivity index (χ2v) is 4.01. The van der Waals surface area contributed by atoms with Gasteiger partial charge in [0, 0.05) is 19.3 Å². The second kappa shape index (κ2) is 5.47. The standard InChI is InChI=1S/C11H16IN/c1-3-11-10(7-8-12)6-4-5-9-13(11)2/h3,7-8H,1,4-6,9H2,2H3/b8-7-. The molecule has 0 aromatic heterocycles. The Hall–Kier alpha value is -0.250. The van der Waals surface area contributed by atoms with Crippen molar-refractivity contribution in [2.75, 3.05) is 13.6 Å². The second-order valence-electron chi connectivity index (χ2n) is 3.29. The van der Waals surface area contributed by atoms with E-state index in [9.17, 15) is 0 Å². The third-order valence-electron chi connectivity index (χ3n) is 2.39. The van der Waals surface area contributed by atoms with E-state index in [-0.39, 0.29) is 0 Å². The van der Waals surface area contributed by atoms with E-state index in [1.54, 1.807) is 0 Å². The minimum atomic E-state index is 1.15. The Kier molecular flexibility index (Phi) is 4.56. The topological polar surface area (TPSA) is 3.24 Å². The van der Waals surface area contributed by atoms with E-state index in [1.165, 1.54) is 30.5 Å². The van der Waals surface area contributed by atoms with Crippen LogP contribution in [0.1, 0.15) is 19.3 Å². The number of hydrogen-bond donors (Lipinski definition) is 0. The molecule has 0 saturated heterocycles. The van der Waals surface area contributed by atoms with E-state index in [0.717, 1.165) is 6.54 Å². The first-order valence-corrected chi connectivity index (χ1v) is 5.87. The molecular formula is C11H16IN. The Morgan fingerprint density at radius 2 is 2.23 bits per heavy atom. The average molecular weight is 289 g/mol. The smallest absolute Gasteiger partial charge is 0.0390 e. The van der Waals surface area contributed by atoms with Crippen LogP contribution in [0.3, 0.4) is 0 Å². The van der Waals surface area contributed by atoms with Crippen molar-refractivity contribution >= 4 is 22.6 Å². The normalized spacial score (nSPS) is 19.4. The van der Waals surface area contributed by atoms with Crippen molar-refractivity contribution in [2.45, 2.75) is 19.3 Å². The summed E-state index contributed by atoms with van der Waals surface area (Å²) in [6.45, 7) is 5.03. The summed E-state index contributed by atoms with van der Waals surface area (Å²) >= 11 is 2.27. The lowest BCUT2D eigenvalue weighted by Gasteiger charge is -2.19. The van der Waals surface area contributed by atoms with Crippen LogP contribution in [0.2, 0.25) is 0 Å². The molecule has 1 aliphatic heterocycles.